The fraction of sp³-hybridized carbons (Fsp3) is 0.923. The number of hydrogen-bond acceptors (Lipinski definition) is 3. The van der Waals surface area contributed by atoms with Gasteiger partial charge in [-0.05, 0) is 45.6 Å². The number of rotatable bonds is 10. The third-order valence-electron chi connectivity index (χ3n) is 2.39. The van der Waals surface area contributed by atoms with Gasteiger partial charge in [-0.25, -0.2) is 0 Å². The zero-order chi connectivity index (χ0) is 13.1. The molecule has 0 aliphatic carbocycles. The lowest BCUT2D eigenvalue weighted by Gasteiger charge is -2.13. The van der Waals surface area contributed by atoms with Crippen LogP contribution in [0.25, 0.3) is 0 Å². The molecule has 0 fully saturated rings. The smallest absolute Gasteiger partial charge is 0.321 e. The van der Waals surface area contributed by atoms with E-state index in [1.165, 1.54) is 5.71 Å². The quantitative estimate of drug-likeness (QED) is 0.343. The minimum atomic E-state index is -1.39. The summed E-state index contributed by atoms with van der Waals surface area (Å²) in [7, 11) is -1.39. The highest BCUT2D eigenvalue weighted by atomic mass is 28.3. The van der Waals surface area contributed by atoms with Crippen molar-refractivity contribution >= 4 is 15.0 Å². The second-order valence-electron chi connectivity index (χ2n) is 4.70. The molecule has 102 valence electrons. The number of nitrogens with zero attached hydrogens (tertiary/aromatic N) is 1. The Morgan fingerprint density at radius 2 is 1.76 bits per heavy atom. The fourth-order valence-corrected chi connectivity index (χ4v) is 3.46. The van der Waals surface area contributed by atoms with E-state index in [4.69, 9.17) is 8.85 Å². The van der Waals surface area contributed by atoms with Crippen LogP contribution in [0.15, 0.2) is 4.99 Å². The molecule has 17 heavy (non-hydrogen) atoms. The van der Waals surface area contributed by atoms with E-state index in [0.29, 0.717) is 5.92 Å². The Hall–Kier alpha value is -0.193. The molecule has 0 atom stereocenters. The van der Waals surface area contributed by atoms with Crippen LogP contribution in [0.3, 0.4) is 0 Å². The predicted octanol–water partition coefficient (Wildman–Crippen LogP) is 3.18. The van der Waals surface area contributed by atoms with Crippen molar-refractivity contribution in [3.63, 3.8) is 0 Å². The molecule has 0 saturated carbocycles. The second kappa shape index (κ2) is 10.9. The maximum atomic E-state index is 5.62. The van der Waals surface area contributed by atoms with Crippen LogP contribution in [0.5, 0.6) is 0 Å². The third-order valence-corrected chi connectivity index (χ3v) is 4.68. The van der Waals surface area contributed by atoms with Crippen LogP contribution in [0.1, 0.15) is 47.5 Å². The molecular weight excluding hydrogens is 230 g/mol. The summed E-state index contributed by atoms with van der Waals surface area (Å²) >= 11 is 0. The van der Waals surface area contributed by atoms with E-state index in [1.807, 2.05) is 13.8 Å². The van der Waals surface area contributed by atoms with Crippen molar-refractivity contribution in [3.8, 4) is 0 Å². The van der Waals surface area contributed by atoms with Crippen LogP contribution in [0.2, 0.25) is 6.04 Å². The molecule has 0 bridgehead atoms. The lowest BCUT2D eigenvalue weighted by Crippen LogP contribution is -2.22. The average molecular weight is 259 g/mol. The Morgan fingerprint density at radius 1 is 1.18 bits per heavy atom. The molecule has 0 amide bonds. The SMILES string of the molecule is CCO[SiH](CCCN=C(C)CC(C)C)OCC. The largest absolute Gasteiger partial charge is 0.397 e. The normalized spacial score (nSPS) is 12.8. The molecule has 0 rings (SSSR count). The van der Waals surface area contributed by atoms with Crippen molar-refractivity contribution in [3.05, 3.63) is 0 Å². The molecule has 0 aromatic rings. The van der Waals surface area contributed by atoms with Gasteiger partial charge in [0.2, 0.25) is 0 Å². The summed E-state index contributed by atoms with van der Waals surface area (Å²) in [6, 6.07) is 1.07. The van der Waals surface area contributed by atoms with Gasteiger partial charge in [-0.2, -0.15) is 0 Å². The Morgan fingerprint density at radius 3 is 2.24 bits per heavy atom. The Balaban J connectivity index is 3.72. The molecule has 4 heteroatoms. The lowest BCUT2D eigenvalue weighted by atomic mass is 10.1. The first kappa shape index (κ1) is 16.8. The van der Waals surface area contributed by atoms with Gasteiger partial charge in [0.05, 0.1) is 0 Å². The van der Waals surface area contributed by atoms with Crippen molar-refractivity contribution in [2.75, 3.05) is 19.8 Å². The van der Waals surface area contributed by atoms with Gasteiger partial charge in [-0.1, -0.05) is 13.8 Å². The third kappa shape index (κ3) is 10.7. The van der Waals surface area contributed by atoms with Crippen LogP contribution >= 0.6 is 0 Å². The molecule has 0 unspecified atom stereocenters. The molecule has 0 saturated heterocycles. The monoisotopic (exact) mass is 259 g/mol. The summed E-state index contributed by atoms with van der Waals surface area (Å²) in [6.07, 6.45) is 2.20. The molecule has 0 heterocycles. The first-order valence-electron chi connectivity index (χ1n) is 6.83. The van der Waals surface area contributed by atoms with Gasteiger partial charge in [0.25, 0.3) is 0 Å². The topological polar surface area (TPSA) is 30.8 Å². The van der Waals surface area contributed by atoms with E-state index in [2.05, 4.69) is 25.8 Å². The van der Waals surface area contributed by atoms with E-state index >= 15 is 0 Å². The second-order valence-corrected chi connectivity index (χ2v) is 6.80. The molecule has 0 aromatic heterocycles. The van der Waals surface area contributed by atoms with Crippen LogP contribution in [-0.4, -0.2) is 34.8 Å². The molecule has 3 nitrogen and oxygen atoms in total. The van der Waals surface area contributed by atoms with E-state index in [1.54, 1.807) is 0 Å². The van der Waals surface area contributed by atoms with Gasteiger partial charge in [-0.3, -0.25) is 4.99 Å². The van der Waals surface area contributed by atoms with Gasteiger partial charge in [0.1, 0.15) is 0 Å². The van der Waals surface area contributed by atoms with Crippen molar-refractivity contribution in [2.45, 2.75) is 53.5 Å². The van der Waals surface area contributed by atoms with E-state index < -0.39 is 9.28 Å². The Bertz CT molecular complexity index is 202. The highest BCUT2D eigenvalue weighted by molar-refractivity contribution is 6.44. The first-order valence-corrected chi connectivity index (χ1v) is 8.59. The molecule has 0 aliphatic rings. The highest BCUT2D eigenvalue weighted by Gasteiger charge is 2.10. The minimum Gasteiger partial charge on any atom is -0.397 e. The number of aliphatic imine (C=N–C) groups is 1. The van der Waals surface area contributed by atoms with E-state index in [9.17, 15) is 0 Å². The predicted molar refractivity (Wildman–Crippen MR) is 77.3 cm³/mol. The zero-order valence-corrected chi connectivity index (χ0v) is 13.3. The molecule has 0 aromatic carbocycles. The van der Waals surface area contributed by atoms with Crippen LogP contribution in [0.4, 0.5) is 0 Å². The molecule has 0 aliphatic heterocycles. The molecule has 0 radical (unpaired) electrons. The van der Waals surface area contributed by atoms with Crippen LogP contribution in [-0.2, 0) is 8.85 Å². The summed E-state index contributed by atoms with van der Waals surface area (Å²) in [4.78, 5) is 4.58. The minimum absolute atomic E-state index is 0.702. The van der Waals surface area contributed by atoms with Crippen molar-refractivity contribution in [2.24, 2.45) is 10.9 Å². The summed E-state index contributed by atoms with van der Waals surface area (Å²) in [5.41, 5.74) is 1.27. The summed E-state index contributed by atoms with van der Waals surface area (Å²) in [5.74, 6) is 0.702. The molecular formula is C13H29NO2Si. The van der Waals surface area contributed by atoms with Gasteiger partial charge < -0.3 is 8.85 Å². The van der Waals surface area contributed by atoms with E-state index in [0.717, 1.165) is 38.6 Å². The van der Waals surface area contributed by atoms with Gasteiger partial charge in [0.15, 0.2) is 0 Å². The van der Waals surface area contributed by atoms with Gasteiger partial charge in [0, 0.05) is 25.5 Å². The van der Waals surface area contributed by atoms with Crippen LogP contribution < -0.4 is 0 Å². The Kier molecular flexibility index (Phi) is 10.8. The Labute approximate surface area is 108 Å². The fourth-order valence-electron chi connectivity index (χ4n) is 1.77. The van der Waals surface area contributed by atoms with Crippen molar-refractivity contribution < 1.29 is 8.85 Å². The standard InChI is InChI=1S/C13H29NO2Si/c1-6-15-17(16-7-2)10-8-9-14-13(5)11-12(3)4/h12,17H,6-11H2,1-5H3. The van der Waals surface area contributed by atoms with E-state index in [-0.39, 0.29) is 0 Å². The summed E-state index contributed by atoms with van der Waals surface area (Å²) in [6.45, 7) is 13.1. The maximum Gasteiger partial charge on any atom is 0.321 e. The summed E-state index contributed by atoms with van der Waals surface area (Å²) in [5, 5.41) is 0. The van der Waals surface area contributed by atoms with Gasteiger partial charge >= 0.3 is 9.28 Å². The van der Waals surface area contributed by atoms with Gasteiger partial charge in [-0.15, -0.1) is 0 Å². The lowest BCUT2D eigenvalue weighted by molar-refractivity contribution is 0.213. The molecule has 0 spiro atoms. The number of hydrogen-bond donors (Lipinski definition) is 0. The van der Waals surface area contributed by atoms with Crippen molar-refractivity contribution in [1.29, 1.82) is 0 Å². The average Bonchev–Trinajstić information content (AvgIpc) is 2.24. The van der Waals surface area contributed by atoms with Crippen molar-refractivity contribution in [1.82, 2.24) is 0 Å². The zero-order valence-electron chi connectivity index (χ0n) is 12.2. The first-order chi connectivity index (χ1) is 8.10. The molecule has 0 N–H and O–H groups in total. The summed E-state index contributed by atoms with van der Waals surface area (Å²) < 4.78 is 11.2. The van der Waals surface area contributed by atoms with Crippen LogP contribution in [0, 0.1) is 5.92 Å². The maximum absolute atomic E-state index is 5.62. The highest BCUT2D eigenvalue weighted by Crippen LogP contribution is 2.04.